The molecule has 1 unspecified atom stereocenters. The van der Waals surface area contributed by atoms with Gasteiger partial charge in [-0.15, -0.1) is 0 Å². The minimum absolute atomic E-state index is 0.0936. The van der Waals surface area contributed by atoms with E-state index in [9.17, 15) is 8.78 Å². The molecule has 1 saturated carbocycles. The lowest BCUT2D eigenvalue weighted by atomic mass is 9.75. The van der Waals surface area contributed by atoms with Crippen molar-refractivity contribution in [3.8, 4) is 11.5 Å². The van der Waals surface area contributed by atoms with Crippen molar-refractivity contribution in [3.63, 3.8) is 0 Å². The predicted octanol–water partition coefficient (Wildman–Crippen LogP) is 7.19. The van der Waals surface area contributed by atoms with Gasteiger partial charge in [0.1, 0.15) is 12.7 Å². The summed E-state index contributed by atoms with van der Waals surface area (Å²) in [5.41, 5.74) is 1.41. The zero-order valence-electron chi connectivity index (χ0n) is 18.4. The molecule has 30 heavy (non-hydrogen) atoms. The summed E-state index contributed by atoms with van der Waals surface area (Å²) in [6.07, 6.45) is 14.2. The molecular weight excluding hydrogens is 386 g/mol. The van der Waals surface area contributed by atoms with Crippen molar-refractivity contribution >= 4 is 0 Å². The molecule has 1 aromatic rings. The van der Waals surface area contributed by atoms with Gasteiger partial charge in [0.15, 0.2) is 11.5 Å². The second kappa shape index (κ2) is 11.6. The molecule has 1 fully saturated rings. The van der Waals surface area contributed by atoms with Crippen molar-refractivity contribution in [2.45, 2.75) is 84.2 Å². The van der Waals surface area contributed by atoms with Crippen molar-refractivity contribution in [2.24, 2.45) is 11.8 Å². The number of unbranched alkanes of at least 4 members (excludes halogenated alkanes) is 2. The van der Waals surface area contributed by atoms with E-state index in [0.29, 0.717) is 5.92 Å². The van der Waals surface area contributed by atoms with Crippen molar-refractivity contribution in [1.82, 2.24) is 0 Å². The first-order chi connectivity index (χ1) is 14.6. The fourth-order valence-electron chi connectivity index (χ4n) is 4.64. The van der Waals surface area contributed by atoms with Gasteiger partial charge >= 0.3 is 0 Å². The van der Waals surface area contributed by atoms with Crippen molar-refractivity contribution in [2.75, 3.05) is 13.2 Å². The summed E-state index contributed by atoms with van der Waals surface area (Å²) < 4.78 is 44.6. The summed E-state index contributed by atoms with van der Waals surface area (Å²) in [6, 6.07) is 2.81. The second-order valence-corrected chi connectivity index (χ2v) is 8.64. The van der Waals surface area contributed by atoms with Gasteiger partial charge in [-0.25, -0.2) is 0 Å². The number of hydrogen-bond donors (Lipinski definition) is 0. The van der Waals surface area contributed by atoms with Gasteiger partial charge in [-0.05, 0) is 75.0 Å². The fraction of sp³-hybridized carbons (Fsp3) is 0.680. The van der Waals surface area contributed by atoms with Gasteiger partial charge in [-0.2, -0.15) is 8.78 Å². The molecule has 0 radical (unpaired) electrons. The molecule has 1 atom stereocenters. The van der Waals surface area contributed by atoms with E-state index in [0.717, 1.165) is 18.8 Å². The molecule has 168 valence electrons. The Morgan fingerprint density at radius 2 is 1.63 bits per heavy atom. The maximum absolute atomic E-state index is 14.1. The van der Waals surface area contributed by atoms with Gasteiger partial charge in [0.05, 0.1) is 12.9 Å². The summed E-state index contributed by atoms with van der Waals surface area (Å²) in [5.74, 6) is -0.662. The van der Waals surface area contributed by atoms with Crippen molar-refractivity contribution < 1.29 is 23.0 Å². The molecule has 1 heterocycles. The van der Waals surface area contributed by atoms with Crippen LogP contribution in [0.4, 0.5) is 8.78 Å². The minimum Gasteiger partial charge on any atom is -0.495 e. The van der Waals surface area contributed by atoms with Gasteiger partial charge in [-0.1, -0.05) is 32.6 Å². The second-order valence-electron chi connectivity index (χ2n) is 8.64. The lowest BCUT2D eigenvalue weighted by Gasteiger charge is -2.33. The van der Waals surface area contributed by atoms with Crippen LogP contribution >= 0.6 is 0 Å². The Balaban J connectivity index is 1.43. The lowest BCUT2D eigenvalue weighted by molar-refractivity contribution is 0.0638. The first kappa shape index (κ1) is 22.9. The summed E-state index contributed by atoms with van der Waals surface area (Å²) in [4.78, 5) is 0. The standard InChI is InChI=1S/C25H36F2O3/c1-3-5-6-7-18-8-10-19(11-9-18)20-12-13-21(29-16-20)17-30-23-15-14-22(28-4-2)24(26)25(23)27/h14-16,18-19,21H,3-13,17H2,1-2H3. The number of ether oxygens (including phenoxy) is 3. The minimum atomic E-state index is -1.01. The van der Waals surface area contributed by atoms with E-state index >= 15 is 0 Å². The van der Waals surface area contributed by atoms with Crippen LogP contribution in [0, 0.1) is 23.5 Å². The van der Waals surface area contributed by atoms with Crippen LogP contribution < -0.4 is 9.47 Å². The Bertz CT molecular complexity index is 696. The van der Waals surface area contributed by atoms with Gasteiger partial charge in [-0.3, -0.25) is 0 Å². The summed E-state index contributed by atoms with van der Waals surface area (Å²) >= 11 is 0. The third-order valence-electron chi connectivity index (χ3n) is 6.49. The van der Waals surface area contributed by atoms with E-state index < -0.39 is 11.6 Å². The van der Waals surface area contributed by atoms with E-state index in [-0.39, 0.29) is 30.8 Å². The van der Waals surface area contributed by atoms with Crippen LogP contribution in [0.5, 0.6) is 11.5 Å². The number of hydrogen-bond acceptors (Lipinski definition) is 3. The highest BCUT2D eigenvalue weighted by atomic mass is 19.2. The molecule has 1 aliphatic heterocycles. The van der Waals surface area contributed by atoms with Crippen LogP contribution in [0.15, 0.2) is 24.0 Å². The number of rotatable bonds is 10. The summed E-state index contributed by atoms with van der Waals surface area (Å²) in [5, 5.41) is 0. The van der Waals surface area contributed by atoms with Crippen molar-refractivity contribution in [3.05, 3.63) is 35.6 Å². The Morgan fingerprint density at radius 3 is 2.23 bits per heavy atom. The van der Waals surface area contributed by atoms with Crippen LogP contribution in [0.3, 0.4) is 0 Å². The highest BCUT2D eigenvalue weighted by molar-refractivity contribution is 5.35. The van der Waals surface area contributed by atoms with E-state index in [1.807, 2.05) is 6.26 Å². The summed E-state index contributed by atoms with van der Waals surface area (Å²) in [7, 11) is 0. The first-order valence-electron chi connectivity index (χ1n) is 11.7. The topological polar surface area (TPSA) is 27.7 Å². The fourth-order valence-corrected chi connectivity index (χ4v) is 4.64. The van der Waals surface area contributed by atoms with Gasteiger partial charge in [0.25, 0.3) is 0 Å². The average molecular weight is 423 g/mol. The van der Waals surface area contributed by atoms with Crippen molar-refractivity contribution in [1.29, 1.82) is 0 Å². The average Bonchev–Trinajstić information content (AvgIpc) is 2.78. The monoisotopic (exact) mass is 422 g/mol. The van der Waals surface area contributed by atoms with Crippen LogP contribution in [0.2, 0.25) is 0 Å². The number of allylic oxidation sites excluding steroid dienone is 1. The third kappa shape index (κ3) is 6.12. The molecule has 0 saturated heterocycles. The van der Waals surface area contributed by atoms with Gasteiger partial charge in [0.2, 0.25) is 11.6 Å². The molecular formula is C25H36F2O3. The maximum atomic E-state index is 14.1. The highest BCUT2D eigenvalue weighted by Gasteiger charge is 2.27. The molecule has 0 aromatic heterocycles. The molecule has 2 aliphatic rings. The highest BCUT2D eigenvalue weighted by Crippen LogP contribution is 2.38. The zero-order valence-corrected chi connectivity index (χ0v) is 18.4. The van der Waals surface area contributed by atoms with E-state index in [1.54, 1.807) is 6.92 Å². The predicted molar refractivity (Wildman–Crippen MR) is 115 cm³/mol. The lowest BCUT2D eigenvalue weighted by Crippen LogP contribution is -2.26. The molecule has 0 N–H and O–H groups in total. The normalized spacial score (nSPS) is 24.1. The largest absolute Gasteiger partial charge is 0.495 e. The Hall–Kier alpha value is -1.78. The smallest absolute Gasteiger partial charge is 0.204 e. The molecule has 1 aromatic carbocycles. The maximum Gasteiger partial charge on any atom is 0.204 e. The molecule has 0 amide bonds. The van der Waals surface area contributed by atoms with Crippen LogP contribution in [0.1, 0.15) is 78.1 Å². The molecule has 3 rings (SSSR count). The van der Waals surface area contributed by atoms with E-state index in [4.69, 9.17) is 14.2 Å². The number of halogens is 2. The molecule has 0 spiro atoms. The van der Waals surface area contributed by atoms with Crippen LogP contribution in [-0.2, 0) is 4.74 Å². The molecule has 5 heteroatoms. The van der Waals surface area contributed by atoms with Crippen LogP contribution in [-0.4, -0.2) is 19.3 Å². The summed E-state index contributed by atoms with van der Waals surface area (Å²) in [6.45, 7) is 4.47. The van der Waals surface area contributed by atoms with Crippen LogP contribution in [0.25, 0.3) is 0 Å². The van der Waals surface area contributed by atoms with Gasteiger partial charge in [0, 0.05) is 0 Å². The Morgan fingerprint density at radius 1 is 0.933 bits per heavy atom. The Kier molecular flexibility index (Phi) is 8.83. The quantitative estimate of drug-likeness (QED) is 0.373. The molecule has 0 bridgehead atoms. The van der Waals surface area contributed by atoms with Gasteiger partial charge < -0.3 is 14.2 Å². The molecule has 3 nitrogen and oxygen atoms in total. The first-order valence-corrected chi connectivity index (χ1v) is 11.7. The molecule has 1 aliphatic carbocycles. The van der Waals surface area contributed by atoms with E-state index in [2.05, 4.69) is 6.92 Å². The SMILES string of the molecule is CCCCCC1CCC(C2=COC(COc3ccc(OCC)c(F)c3F)CC2)CC1. The Labute approximate surface area is 179 Å². The number of benzene rings is 1. The zero-order chi connectivity index (χ0) is 21.3. The third-order valence-corrected chi connectivity index (χ3v) is 6.49. The van der Waals surface area contributed by atoms with E-state index in [1.165, 1.54) is 69.1 Å².